The number of rotatable bonds is 1. The molecule has 0 saturated heterocycles. The van der Waals surface area contributed by atoms with Gasteiger partial charge in [-0.25, -0.2) is 0 Å². The van der Waals surface area contributed by atoms with Gasteiger partial charge in [0.2, 0.25) is 0 Å². The summed E-state index contributed by atoms with van der Waals surface area (Å²) in [7, 11) is 0. The molecule has 4 fully saturated rings. The summed E-state index contributed by atoms with van der Waals surface area (Å²) in [6.07, 6.45) is 9.88. The Hall–Kier alpha value is -1.56. The van der Waals surface area contributed by atoms with E-state index in [9.17, 15) is 4.79 Å². The third-order valence-electron chi connectivity index (χ3n) is 5.67. The topological polar surface area (TPSA) is 56.6 Å². The molecule has 3 heteroatoms. The molecular formula is C16H18N2O. The molecule has 98 valence electrons. The van der Waals surface area contributed by atoms with Gasteiger partial charge in [-0.2, -0.15) is 5.26 Å². The summed E-state index contributed by atoms with van der Waals surface area (Å²) in [5.74, 6) is 2.64. The van der Waals surface area contributed by atoms with E-state index in [1.807, 2.05) is 18.3 Å². The van der Waals surface area contributed by atoms with E-state index < -0.39 is 0 Å². The van der Waals surface area contributed by atoms with Crippen molar-refractivity contribution in [3.05, 3.63) is 33.7 Å². The van der Waals surface area contributed by atoms with Crippen LogP contribution in [0.3, 0.4) is 0 Å². The fourth-order valence-electron chi connectivity index (χ4n) is 5.34. The van der Waals surface area contributed by atoms with E-state index in [2.05, 4.69) is 4.98 Å². The molecule has 3 nitrogen and oxygen atoms in total. The Morgan fingerprint density at radius 3 is 2.26 bits per heavy atom. The van der Waals surface area contributed by atoms with Gasteiger partial charge in [0.15, 0.2) is 0 Å². The van der Waals surface area contributed by atoms with Crippen LogP contribution in [0, 0.1) is 29.1 Å². The quantitative estimate of drug-likeness (QED) is 0.837. The Balaban J connectivity index is 1.80. The number of H-pyrrole nitrogens is 1. The summed E-state index contributed by atoms with van der Waals surface area (Å²) in [6.45, 7) is 0. The minimum absolute atomic E-state index is 0.254. The van der Waals surface area contributed by atoms with Gasteiger partial charge in [-0.15, -0.1) is 0 Å². The number of nitrogens with zero attached hydrogens (tertiary/aromatic N) is 1. The molecule has 0 aliphatic heterocycles. The number of hydrogen-bond donors (Lipinski definition) is 1. The average molecular weight is 254 g/mol. The lowest BCUT2D eigenvalue weighted by atomic mass is 9.48. The zero-order valence-electron chi connectivity index (χ0n) is 11.0. The molecule has 1 heterocycles. The maximum atomic E-state index is 11.6. The minimum Gasteiger partial charge on any atom is -0.328 e. The first-order valence-electron chi connectivity index (χ1n) is 7.32. The Bertz CT molecular complexity index is 587. The van der Waals surface area contributed by atoms with Gasteiger partial charge in [0.05, 0.1) is 0 Å². The van der Waals surface area contributed by atoms with Crippen molar-refractivity contribution in [2.45, 2.75) is 43.9 Å². The number of aromatic nitrogens is 1. The van der Waals surface area contributed by atoms with Crippen molar-refractivity contribution in [1.29, 1.82) is 5.26 Å². The standard InChI is InChI=1S/C16H18N2O/c17-8-13-4-14(9-18-15(13)19)16-5-10-1-11(6-16)3-12(2-10)7-16/h4,9-12H,1-3,5-7H2,(H,18,19). The van der Waals surface area contributed by atoms with Crippen LogP contribution in [0.4, 0.5) is 0 Å². The molecule has 4 aliphatic rings. The molecule has 5 rings (SSSR count). The predicted molar refractivity (Wildman–Crippen MR) is 71.6 cm³/mol. The van der Waals surface area contributed by atoms with Crippen LogP contribution < -0.4 is 5.56 Å². The van der Waals surface area contributed by atoms with Crippen LogP contribution in [-0.4, -0.2) is 4.98 Å². The van der Waals surface area contributed by atoms with Crippen LogP contribution in [0.15, 0.2) is 17.1 Å². The number of nitrogens with one attached hydrogen (secondary N) is 1. The van der Waals surface area contributed by atoms with Crippen LogP contribution in [0.2, 0.25) is 0 Å². The van der Waals surface area contributed by atoms with Gasteiger partial charge in [0, 0.05) is 6.20 Å². The Morgan fingerprint density at radius 1 is 1.16 bits per heavy atom. The first kappa shape index (κ1) is 11.3. The van der Waals surface area contributed by atoms with Gasteiger partial charge in [-0.3, -0.25) is 4.79 Å². The summed E-state index contributed by atoms with van der Waals surface area (Å²) < 4.78 is 0. The highest BCUT2D eigenvalue weighted by molar-refractivity contribution is 5.35. The van der Waals surface area contributed by atoms with Crippen LogP contribution >= 0.6 is 0 Å². The number of pyridine rings is 1. The van der Waals surface area contributed by atoms with Crippen LogP contribution in [-0.2, 0) is 5.41 Å². The second kappa shape index (κ2) is 3.72. The fourth-order valence-corrected chi connectivity index (χ4v) is 5.34. The van der Waals surface area contributed by atoms with Crippen molar-refractivity contribution in [1.82, 2.24) is 4.98 Å². The highest BCUT2D eigenvalue weighted by atomic mass is 16.1. The summed E-state index contributed by atoms with van der Waals surface area (Å²) in [6, 6.07) is 3.88. The van der Waals surface area contributed by atoms with E-state index in [0.717, 1.165) is 17.8 Å². The summed E-state index contributed by atoms with van der Waals surface area (Å²) in [4.78, 5) is 14.3. The smallest absolute Gasteiger partial charge is 0.265 e. The summed E-state index contributed by atoms with van der Waals surface area (Å²) in [5.41, 5.74) is 1.48. The monoisotopic (exact) mass is 254 g/mol. The SMILES string of the molecule is N#Cc1cc(C23CC4CC(CC(C4)C2)C3)c[nH]c1=O. The molecule has 0 unspecified atom stereocenters. The van der Waals surface area contributed by atoms with Crippen molar-refractivity contribution in [3.8, 4) is 6.07 Å². The minimum atomic E-state index is -0.254. The molecule has 0 radical (unpaired) electrons. The third kappa shape index (κ3) is 1.59. The number of hydrogen-bond acceptors (Lipinski definition) is 2. The maximum Gasteiger partial charge on any atom is 0.265 e. The maximum absolute atomic E-state index is 11.6. The highest BCUT2D eigenvalue weighted by Gasteiger charge is 2.51. The molecule has 19 heavy (non-hydrogen) atoms. The van der Waals surface area contributed by atoms with Crippen LogP contribution in [0.5, 0.6) is 0 Å². The third-order valence-corrected chi connectivity index (χ3v) is 5.67. The Labute approximate surface area is 112 Å². The molecule has 1 aromatic rings. The van der Waals surface area contributed by atoms with Gasteiger partial charge in [0.25, 0.3) is 5.56 Å². The lowest BCUT2D eigenvalue weighted by Gasteiger charge is -2.57. The lowest BCUT2D eigenvalue weighted by molar-refractivity contribution is -0.00536. The Kier molecular flexibility index (Phi) is 2.21. The van der Waals surface area contributed by atoms with Gasteiger partial charge in [-0.05, 0) is 73.3 Å². The molecule has 0 atom stereocenters. The van der Waals surface area contributed by atoms with E-state index in [0.29, 0.717) is 0 Å². The molecule has 1 N–H and O–H groups in total. The predicted octanol–water partition coefficient (Wildman–Crippen LogP) is 2.71. The van der Waals surface area contributed by atoms with Gasteiger partial charge in [0.1, 0.15) is 11.6 Å². The van der Waals surface area contributed by atoms with Crippen LogP contribution in [0.25, 0.3) is 0 Å². The first-order chi connectivity index (χ1) is 9.18. The van der Waals surface area contributed by atoms with Gasteiger partial charge >= 0.3 is 0 Å². The van der Waals surface area contributed by atoms with Crippen molar-refractivity contribution >= 4 is 0 Å². The molecule has 4 saturated carbocycles. The first-order valence-corrected chi connectivity index (χ1v) is 7.32. The fraction of sp³-hybridized carbons (Fsp3) is 0.625. The molecule has 0 amide bonds. The summed E-state index contributed by atoms with van der Waals surface area (Å²) >= 11 is 0. The van der Waals surface area contributed by atoms with Crippen molar-refractivity contribution in [2.75, 3.05) is 0 Å². The number of nitriles is 1. The second-order valence-electron chi connectivity index (χ2n) is 6.94. The number of aromatic amines is 1. The normalized spacial score (nSPS) is 39.2. The van der Waals surface area contributed by atoms with Crippen molar-refractivity contribution < 1.29 is 0 Å². The molecule has 4 bridgehead atoms. The zero-order chi connectivity index (χ0) is 13.0. The zero-order valence-corrected chi connectivity index (χ0v) is 11.0. The molecule has 0 aromatic carbocycles. The van der Waals surface area contributed by atoms with E-state index in [4.69, 9.17) is 5.26 Å². The van der Waals surface area contributed by atoms with Gasteiger partial charge < -0.3 is 4.98 Å². The average Bonchev–Trinajstić information content (AvgIpc) is 2.37. The van der Waals surface area contributed by atoms with Crippen molar-refractivity contribution in [3.63, 3.8) is 0 Å². The molecule has 4 aliphatic carbocycles. The van der Waals surface area contributed by atoms with E-state index >= 15 is 0 Å². The molecule has 1 aromatic heterocycles. The highest BCUT2D eigenvalue weighted by Crippen LogP contribution is 2.60. The van der Waals surface area contributed by atoms with E-state index in [1.165, 1.54) is 44.1 Å². The van der Waals surface area contributed by atoms with Crippen LogP contribution in [0.1, 0.15) is 49.7 Å². The van der Waals surface area contributed by atoms with E-state index in [1.54, 1.807) is 0 Å². The molecular weight excluding hydrogens is 236 g/mol. The lowest BCUT2D eigenvalue weighted by Crippen LogP contribution is -2.48. The van der Waals surface area contributed by atoms with E-state index in [-0.39, 0.29) is 16.5 Å². The van der Waals surface area contributed by atoms with Gasteiger partial charge in [-0.1, -0.05) is 0 Å². The van der Waals surface area contributed by atoms with Crippen molar-refractivity contribution in [2.24, 2.45) is 17.8 Å². The second-order valence-corrected chi connectivity index (χ2v) is 6.94. The Morgan fingerprint density at radius 2 is 1.74 bits per heavy atom. The largest absolute Gasteiger partial charge is 0.328 e. The molecule has 0 spiro atoms. The summed E-state index contributed by atoms with van der Waals surface area (Å²) in [5, 5.41) is 9.05.